The highest BCUT2D eigenvalue weighted by Gasteiger charge is 2.23. The van der Waals surface area contributed by atoms with Gasteiger partial charge in [-0.3, -0.25) is 14.6 Å². The number of aliphatic carboxylic acids is 1. The molecule has 2 aromatic rings. The molecule has 0 radical (unpaired) electrons. The largest absolute Gasteiger partial charge is 0.481 e. The first kappa shape index (κ1) is 22.2. The number of pyridine rings is 2. The van der Waals surface area contributed by atoms with Crippen molar-refractivity contribution in [1.29, 1.82) is 0 Å². The van der Waals surface area contributed by atoms with E-state index in [9.17, 15) is 9.59 Å². The Morgan fingerprint density at radius 2 is 1.94 bits per heavy atom. The predicted octanol–water partition coefficient (Wildman–Crippen LogP) is 3.27. The molecule has 1 saturated heterocycles. The molecule has 0 unspecified atom stereocenters. The fraction of sp³-hybridized carbons (Fsp3) is 0.520. The van der Waals surface area contributed by atoms with Crippen molar-refractivity contribution in [2.45, 2.75) is 57.8 Å². The van der Waals surface area contributed by atoms with E-state index < -0.39 is 5.97 Å². The number of amides is 1. The van der Waals surface area contributed by atoms with Crippen LogP contribution in [0.2, 0.25) is 0 Å². The average Bonchev–Trinajstić information content (AvgIpc) is 2.82. The van der Waals surface area contributed by atoms with Crippen LogP contribution in [0.3, 0.4) is 0 Å². The third kappa shape index (κ3) is 5.84. The summed E-state index contributed by atoms with van der Waals surface area (Å²) in [6.45, 7) is 2.55. The van der Waals surface area contributed by atoms with Gasteiger partial charge in [0.15, 0.2) is 0 Å². The molecule has 0 saturated carbocycles. The van der Waals surface area contributed by atoms with Crippen LogP contribution in [0, 0.1) is 5.92 Å². The third-order valence-electron chi connectivity index (χ3n) is 6.64. The van der Waals surface area contributed by atoms with Gasteiger partial charge in [-0.25, -0.2) is 4.98 Å². The maximum atomic E-state index is 12.7. The molecule has 32 heavy (non-hydrogen) atoms. The Labute approximate surface area is 189 Å². The van der Waals surface area contributed by atoms with Crippen LogP contribution in [0.5, 0.6) is 0 Å². The van der Waals surface area contributed by atoms with Crippen molar-refractivity contribution < 1.29 is 14.7 Å². The van der Waals surface area contributed by atoms with E-state index in [0.717, 1.165) is 68.8 Å². The van der Waals surface area contributed by atoms with Gasteiger partial charge in [-0.2, -0.15) is 0 Å². The van der Waals surface area contributed by atoms with Crippen molar-refractivity contribution in [3.05, 3.63) is 53.0 Å². The van der Waals surface area contributed by atoms with Gasteiger partial charge in [0.05, 0.1) is 0 Å². The number of carbonyl (C=O) groups is 2. The average molecular weight is 437 g/mol. The zero-order chi connectivity index (χ0) is 22.3. The number of anilines is 1. The number of nitrogens with one attached hydrogen (secondary N) is 1. The van der Waals surface area contributed by atoms with Crippen LogP contribution >= 0.6 is 0 Å². The smallest absolute Gasteiger partial charge is 0.303 e. The molecule has 170 valence electrons. The Morgan fingerprint density at radius 3 is 2.75 bits per heavy atom. The zero-order valence-corrected chi connectivity index (χ0v) is 18.6. The molecule has 7 nitrogen and oxygen atoms in total. The number of aromatic nitrogens is 2. The van der Waals surface area contributed by atoms with E-state index >= 15 is 0 Å². The molecule has 2 aliphatic heterocycles. The van der Waals surface area contributed by atoms with Crippen LogP contribution in [0.15, 0.2) is 30.6 Å². The van der Waals surface area contributed by atoms with Gasteiger partial charge < -0.3 is 15.3 Å². The molecule has 1 fully saturated rings. The minimum absolute atomic E-state index is 0.126. The van der Waals surface area contributed by atoms with Gasteiger partial charge in [-0.1, -0.05) is 6.07 Å². The Hall–Kier alpha value is -2.96. The molecule has 2 N–H and O–H groups in total. The van der Waals surface area contributed by atoms with Crippen LogP contribution in [0.4, 0.5) is 5.82 Å². The van der Waals surface area contributed by atoms with E-state index in [2.05, 4.69) is 22.4 Å². The molecule has 0 bridgehead atoms. The number of piperidine rings is 1. The fourth-order valence-corrected chi connectivity index (χ4v) is 4.72. The van der Waals surface area contributed by atoms with Crippen molar-refractivity contribution in [3.63, 3.8) is 0 Å². The second kappa shape index (κ2) is 10.6. The van der Waals surface area contributed by atoms with E-state index in [4.69, 9.17) is 10.1 Å². The molecule has 7 heteroatoms. The van der Waals surface area contributed by atoms with Crippen molar-refractivity contribution in [2.75, 3.05) is 25.0 Å². The molecule has 2 aliphatic rings. The molecule has 0 spiro atoms. The number of aryl methyl sites for hydroxylation is 3. The number of hydrogen-bond donors (Lipinski definition) is 2. The van der Waals surface area contributed by atoms with Crippen LogP contribution in [-0.4, -0.2) is 51.5 Å². The minimum Gasteiger partial charge on any atom is -0.481 e. The van der Waals surface area contributed by atoms with Crippen LogP contribution in [0.25, 0.3) is 0 Å². The number of rotatable bonds is 8. The number of carboxylic acid groups (broad SMARTS) is 1. The van der Waals surface area contributed by atoms with Crippen LogP contribution in [0.1, 0.15) is 54.5 Å². The molecule has 0 atom stereocenters. The zero-order valence-electron chi connectivity index (χ0n) is 18.6. The Morgan fingerprint density at radius 1 is 1.09 bits per heavy atom. The lowest BCUT2D eigenvalue weighted by Gasteiger charge is -2.32. The second-order valence-electron chi connectivity index (χ2n) is 8.91. The highest BCUT2D eigenvalue weighted by molar-refractivity contribution is 5.76. The molecular formula is C25H32N4O3. The number of hydrogen-bond acceptors (Lipinski definition) is 5. The lowest BCUT2D eigenvalue weighted by Crippen LogP contribution is -2.39. The molecule has 0 aliphatic carbocycles. The second-order valence-corrected chi connectivity index (χ2v) is 8.91. The molecule has 1 amide bonds. The normalized spacial score (nSPS) is 16.3. The fourth-order valence-electron chi connectivity index (χ4n) is 4.72. The van der Waals surface area contributed by atoms with Gasteiger partial charge in [0.25, 0.3) is 0 Å². The maximum Gasteiger partial charge on any atom is 0.303 e. The molecule has 4 heterocycles. The summed E-state index contributed by atoms with van der Waals surface area (Å²) in [5, 5.41) is 12.3. The maximum absolute atomic E-state index is 12.7. The highest BCUT2D eigenvalue weighted by Crippen LogP contribution is 2.25. The molecular weight excluding hydrogens is 404 g/mol. The van der Waals surface area contributed by atoms with Crippen molar-refractivity contribution >= 4 is 17.7 Å². The number of carbonyl (C=O) groups excluding carboxylic acids is 1. The van der Waals surface area contributed by atoms with Crippen LogP contribution < -0.4 is 5.32 Å². The quantitative estimate of drug-likeness (QED) is 0.659. The third-order valence-corrected chi connectivity index (χ3v) is 6.64. The summed E-state index contributed by atoms with van der Waals surface area (Å²) in [4.78, 5) is 34.5. The first-order valence-corrected chi connectivity index (χ1v) is 11.7. The van der Waals surface area contributed by atoms with Gasteiger partial charge in [0.2, 0.25) is 5.91 Å². The lowest BCUT2D eigenvalue weighted by atomic mass is 9.88. The van der Waals surface area contributed by atoms with Gasteiger partial charge in [-0.05, 0) is 79.7 Å². The summed E-state index contributed by atoms with van der Waals surface area (Å²) in [5.41, 5.74) is 4.47. The first-order chi connectivity index (χ1) is 15.6. The molecule has 2 aromatic heterocycles. The Kier molecular flexibility index (Phi) is 7.35. The topological polar surface area (TPSA) is 95.4 Å². The van der Waals surface area contributed by atoms with Crippen molar-refractivity contribution in [2.24, 2.45) is 5.92 Å². The molecule has 0 aromatic carbocycles. The number of nitrogens with zero attached hydrogens (tertiary/aromatic N) is 3. The molecule has 4 rings (SSSR count). The van der Waals surface area contributed by atoms with Gasteiger partial charge >= 0.3 is 5.97 Å². The summed E-state index contributed by atoms with van der Waals surface area (Å²) in [7, 11) is 0. The standard InChI is InChI=1S/C25H32N4O3/c30-23(7-6-22-5-3-19-2-1-12-27-25(19)28-22)29-14-10-18(11-15-29)16-20-9-13-26-17-21(20)4-8-24(31)32/h3,5,9,13,17-18H,1-2,4,6-8,10-12,14-16H2,(H,27,28)(H,31,32). The van der Waals surface area contributed by atoms with E-state index in [-0.39, 0.29) is 12.3 Å². The number of likely N-dealkylation sites (tertiary alicyclic amines) is 1. The van der Waals surface area contributed by atoms with E-state index in [1.165, 1.54) is 11.1 Å². The summed E-state index contributed by atoms with van der Waals surface area (Å²) in [6, 6.07) is 6.21. The number of fused-ring (bicyclic) bond motifs is 1. The summed E-state index contributed by atoms with van der Waals surface area (Å²) in [5.74, 6) is 0.926. The number of carboxylic acids is 1. The minimum atomic E-state index is -0.784. The SMILES string of the molecule is O=C(O)CCc1cnccc1CC1CCN(C(=O)CCc2ccc3c(n2)NCCC3)CC1. The summed E-state index contributed by atoms with van der Waals surface area (Å²) < 4.78 is 0. The predicted molar refractivity (Wildman–Crippen MR) is 123 cm³/mol. The summed E-state index contributed by atoms with van der Waals surface area (Å²) >= 11 is 0. The Bertz CT molecular complexity index is 954. The lowest BCUT2D eigenvalue weighted by molar-refractivity contribution is -0.137. The first-order valence-electron chi connectivity index (χ1n) is 11.7. The Balaban J connectivity index is 1.24. The van der Waals surface area contributed by atoms with Gasteiger partial charge in [-0.15, -0.1) is 0 Å². The highest BCUT2D eigenvalue weighted by atomic mass is 16.4. The van der Waals surface area contributed by atoms with Crippen LogP contribution in [-0.2, 0) is 35.3 Å². The van der Waals surface area contributed by atoms with E-state index in [1.54, 1.807) is 12.4 Å². The van der Waals surface area contributed by atoms with Crippen molar-refractivity contribution in [3.8, 4) is 0 Å². The van der Waals surface area contributed by atoms with E-state index in [1.807, 2.05) is 11.0 Å². The van der Waals surface area contributed by atoms with Crippen molar-refractivity contribution in [1.82, 2.24) is 14.9 Å². The van der Waals surface area contributed by atoms with Gasteiger partial charge in [0.1, 0.15) is 5.82 Å². The van der Waals surface area contributed by atoms with E-state index in [0.29, 0.717) is 25.2 Å². The summed E-state index contributed by atoms with van der Waals surface area (Å²) in [6.07, 6.45) is 10.5. The van der Waals surface area contributed by atoms with Gasteiger partial charge in [0, 0.05) is 50.6 Å². The monoisotopic (exact) mass is 436 g/mol.